The van der Waals surface area contributed by atoms with Crippen LogP contribution in [-0.4, -0.2) is 23.4 Å². The number of hydrogen-bond donors (Lipinski definition) is 2. The van der Waals surface area contributed by atoms with Crippen LogP contribution in [-0.2, 0) is 11.0 Å². The SMILES string of the molecule is O=C1CC(C(F)F)NC(c2ncc(C(F)(F)F)cc2Cl)N1. The summed E-state index contributed by atoms with van der Waals surface area (Å²) in [6.07, 6.45) is -8.50. The number of carbonyl (C=O) groups is 1. The normalized spacial score (nSPS) is 23.3. The Morgan fingerprint density at radius 2 is 2.05 bits per heavy atom. The molecular formula is C11H9ClF5N3O. The summed E-state index contributed by atoms with van der Waals surface area (Å²) in [5.41, 5.74) is -1.22. The minimum atomic E-state index is -4.62. The highest BCUT2D eigenvalue weighted by molar-refractivity contribution is 6.31. The van der Waals surface area contributed by atoms with E-state index in [1.807, 2.05) is 0 Å². The summed E-state index contributed by atoms with van der Waals surface area (Å²) in [6.45, 7) is 0. The number of hydrogen-bond acceptors (Lipinski definition) is 3. The number of amides is 1. The van der Waals surface area contributed by atoms with E-state index >= 15 is 0 Å². The lowest BCUT2D eigenvalue weighted by molar-refractivity contribution is -0.138. The van der Waals surface area contributed by atoms with Crippen LogP contribution in [0.5, 0.6) is 0 Å². The molecule has 10 heteroatoms. The topological polar surface area (TPSA) is 54.0 Å². The minimum absolute atomic E-state index is 0.150. The zero-order valence-electron chi connectivity index (χ0n) is 10.2. The molecule has 2 heterocycles. The summed E-state index contributed by atoms with van der Waals surface area (Å²) >= 11 is 5.70. The summed E-state index contributed by atoms with van der Waals surface area (Å²) in [6, 6.07) is -0.784. The number of halogens is 6. The summed E-state index contributed by atoms with van der Waals surface area (Å²) in [5, 5.41) is 4.32. The van der Waals surface area contributed by atoms with Crippen molar-refractivity contribution in [1.29, 1.82) is 0 Å². The molecule has 0 radical (unpaired) electrons. The van der Waals surface area contributed by atoms with E-state index in [-0.39, 0.29) is 10.7 Å². The molecule has 0 spiro atoms. The van der Waals surface area contributed by atoms with Gasteiger partial charge in [0.15, 0.2) is 0 Å². The third-order valence-electron chi connectivity index (χ3n) is 2.87. The van der Waals surface area contributed by atoms with Crippen LogP contribution in [0.15, 0.2) is 12.3 Å². The number of rotatable bonds is 2. The summed E-state index contributed by atoms with van der Waals surface area (Å²) in [7, 11) is 0. The van der Waals surface area contributed by atoms with Crippen molar-refractivity contribution in [1.82, 2.24) is 15.6 Å². The lowest BCUT2D eigenvalue weighted by Crippen LogP contribution is -2.53. The first kappa shape index (κ1) is 15.9. The molecule has 1 aliphatic rings. The van der Waals surface area contributed by atoms with Crippen LogP contribution in [0.25, 0.3) is 0 Å². The molecule has 0 bridgehead atoms. The van der Waals surface area contributed by atoms with E-state index in [2.05, 4.69) is 15.6 Å². The molecule has 4 nitrogen and oxygen atoms in total. The maximum atomic E-state index is 12.7. The first-order chi connectivity index (χ1) is 9.68. The molecule has 21 heavy (non-hydrogen) atoms. The third kappa shape index (κ3) is 3.59. The lowest BCUT2D eigenvalue weighted by atomic mass is 10.1. The molecule has 1 aromatic heterocycles. The Kier molecular flexibility index (Phi) is 4.33. The van der Waals surface area contributed by atoms with Crippen LogP contribution in [0.3, 0.4) is 0 Å². The molecule has 2 N–H and O–H groups in total. The Morgan fingerprint density at radius 3 is 2.57 bits per heavy atom. The predicted octanol–water partition coefficient (Wildman–Crippen LogP) is 2.50. The van der Waals surface area contributed by atoms with Gasteiger partial charge in [0.1, 0.15) is 6.17 Å². The van der Waals surface area contributed by atoms with Gasteiger partial charge in [-0.3, -0.25) is 15.1 Å². The predicted molar refractivity (Wildman–Crippen MR) is 62.7 cm³/mol. The second kappa shape index (κ2) is 5.72. The van der Waals surface area contributed by atoms with Gasteiger partial charge in [-0.2, -0.15) is 13.2 Å². The number of aromatic nitrogens is 1. The van der Waals surface area contributed by atoms with Gasteiger partial charge >= 0.3 is 6.18 Å². The van der Waals surface area contributed by atoms with Crippen molar-refractivity contribution in [2.45, 2.75) is 31.2 Å². The van der Waals surface area contributed by atoms with Crippen LogP contribution in [0.4, 0.5) is 22.0 Å². The smallest absolute Gasteiger partial charge is 0.335 e. The van der Waals surface area contributed by atoms with Gasteiger partial charge in [0, 0.05) is 12.6 Å². The number of pyridine rings is 1. The molecule has 1 amide bonds. The molecule has 2 atom stereocenters. The van der Waals surface area contributed by atoms with Crippen molar-refractivity contribution >= 4 is 17.5 Å². The Bertz CT molecular complexity index is 551. The van der Waals surface area contributed by atoms with Gasteiger partial charge in [0.05, 0.1) is 22.3 Å². The van der Waals surface area contributed by atoms with E-state index in [1.165, 1.54) is 0 Å². The maximum absolute atomic E-state index is 12.7. The van der Waals surface area contributed by atoms with Gasteiger partial charge < -0.3 is 5.32 Å². The van der Waals surface area contributed by atoms with Crippen molar-refractivity contribution in [2.75, 3.05) is 0 Å². The Morgan fingerprint density at radius 1 is 1.38 bits per heavy atom. The van der Waals surface area contributed by atoms with Crippen LogP contribution < -0.4 is 10.6 Å². The molecule has 1 saturated heterocycles. The van der Waals surface area contributed by atoms with Crippen molar-refractivity contribution < 1.29 is 26.7 Å². The van der Waals surface area contributed by atoms with Crippen molar-refractivity contribution in [3.05, 3.63) is 28.5 Å². The van der Waals surface area contributed by atoms with Gasteiger partial charge in [0.2, 0.25) is 5.91 Å². The van der Waals surface area contributed by atoms with Gasteiger partial charge in [0.25, 0.3) is 6.43 Å². The third-order valence-corrected chi connectivity index (χ3v) is 3.17. The van der Waals surface area contributed by atoms with Gasteiger partial charge in [-0.05, 0) is 6.07 Å². The minimum Gasteiger partial charge on any atom is -0.335 e. The van der Waals surface area contributed by atoms with Crippen molar-refractivity contribution in [3.63, 3.8) is 0 Å². The fraction of sp³-hybridized carbons (Fsp3) is 0.455. The quantitative estimate of drug-likeness (QED) is 0.820. The van der Waals surface area contributed by atoms with Crippen LogP contribution in [0, 0.1) is 0 Å². The Labute approximate surface area is 120 Å². The average Bonchev–Trinajstić information content (AvgIpc) is 2.36. The number of carbonyl (C=O) groups excluding carboxylic acids is 1. The molecule has 1 aliphatic heterocycles. The van der Waals surface area contributed by atoms with Crippen LogP contribution in [0.2, 0.25) is 5.02 Å². The number of nitrogens with one attached hydrogen (secondary N) is 2. The molecule has 2 rings (SSSR count). The van der Waals surface area contributed by atoms with E-state index in [0.29, 0.717) is 12.3 Å². The summed E-state index contributed by atoms with van der Waals surface area (Å²) < 4.78 is 62.8. The highest BCUT2D eigenvalue weighted by Crippen LogP contribution is 2.32. The molecule has 0 aromatic carbocycles. The Hall–Kier alpha value is -1.48. The van der Waals surface area contributed by atoms with Crippen molar-refractivity contribution in [2.24, 2.45) is 0 Å². The lowest BCUT2D eigenvalue weighted by Gasteiger charge is -2.31. The molecule has 116 valence electrons. The van der Waals surface area contributed by atoms with E-state index in [1.54, 1.807) is 0 Å². The molecule has 0 aliphatic carbocycles. The largest absolute Gasteiger partial charge is 0.417 e. The van der Waals surface area contributed by atoms with Crippen LogP contribution >= 0.6 is 11.6 Å². The molecule has 1 fully saturated rings. The van der Waals surface area contributed by atoms with E-state index < -0.39 is 42.7 Å². The fourth-order valence-electron chi connectivity index (χ4n) is 1.86. The van der Waals surface area contributed by atoms with E-state index in [0.717, 1.165) is 0 Å². The monoisotopic (exact) mass is 329 g/mol. The average molecular weight is 330 g/mol. The van der Waals surface area contributed by atoms with Gasteiger partial charge in [-0.1, -0.05) is 11.6 Å². The summed E-state index contributed by atoms with van der Waals surface area (Å²) in [5.74, 6) is -0.665. The van der Waals surface area contributed by atoms with Gasteiger partial charge in [-0.15, -0.1) is 0 Å². The van der Waals surface area contributed by atoms with Crippen LogP contribution in [0.1, 0.15) is 23.8 Å². The molecule has 1 aromatic rings. The first-order valence-corrected chi connectivity index (χ1v) is 6.12. The first-order valence-electron chi connectivity index (χ1n) is 5.74. The van der Waals surface area contributed by atoms with Gasteiger partial charge in [-0.25, -0.2) is 8.78 Å². The zero-order valence-corrected chi connectivity index (χ0v) is 11.0. The maximum Gasteiger partial charge on any atom is 0.417 e. The highest BCUT2D eigenvalue weighted by Gasteiger charge is 2.36. The zero-order chi connectivity index (χ0) is 15.8. The summed E-state index contributed by atoms with van der Waals surface area (Å²) in [4.78, 5) is 14.9. The highest BCUT2D eigenvalue weighted by atomic mass is 35.5. The number of nitrogens with zero attached hydrogens (tertiary/aromatic N) is 1. The molecule has 2 unspecified atom stereocenters. The Balaban J connectivity index is 2.27. The molecular weight excluding hydrogens is 321 g/mol. The second-order valence-corrected chi connectivity index (χ2v) is 4.81. The number of alkyl halides is 5. The molecule has 0 saturated carbocycles. The standard InChI is InChI=1S/C11H9ClF5N3O/c12-5-1-4(11(15,16)17)3-18-8(5)10-19-6(9(13)14)2-7(21)20-10/h1,3,6,9-10,19H,2H2,(H,20,21). The van der Waals surface area contributed by atoms with E-state index in [4.69, 9.17) is 11.6 Å². The van der Waals surface area contributed by atoms with Crippen molar-refractivity contribution in [3.8, 4) is 0 Å². The van der Waals surface area contributed by atoms with E-state index in [9.17, 15) is 26.7 Å². The fourth-order valence-corrected chi connectivity index (χ4v) is 2.13. The second-order valence-electron chi connectivity index (χ2n) is 4.40.